The molecule has 0 spiro atoms. The lowest BCUT2D eigenvalue weighted by Gasteiger charge is -2.29. The molecule has 1 aromatic rings. The number of aliphatic hydroxyl groups is 1. The van der Waals surface area contributed by atoms with Gasteiger partial charge in [-0.1, -0.05) is 38.0 Å². The molecule has 1 saturated carbocycles. The largest absolute Gasteiger partial charge is 0.390 e. The fraction of sp³-hybridized carbons (Fsp3) is 0.571. The highest BCUT2D eigenvalue weighted by Crippen LogP contribution is 2.36. The predicted molar refractivity (Wildman–Crippen MR) is 71.1 cm³/mol. The van der Waals surface area contributed by atoms with E-state index >= 15 is 0 Å². The molecular weight excluding hydrogens is 248 g/mol. The van der Waals surface area contributed by atoms with E-state index in [1.807, 2.05) is 6.92 Å². The van der Waals surface area contributed by atoms with Gasteiger partial charge in [0.05, 0.1) is 16.2 Å². The molecule has 1 aliphatic rings. The summed E-state index contributed by atoms with van der Waals surface area (Å²) in [6.07, 6.45) is 3.43. The summed E-state index contributed by atoms with van der Waals surface area (Å²) in [5, 5.41) is 10.4. The van der Waals surface area contributed by atoms with E-state index in [0.717, 1.165) is 25.7 Å². The first-order valence-electron chi connectivity index (χ1n) is 6.44. The quantitative estimate of drug-likeness (QED) is 0.912. The second-order valence-electron chi connectivity index (χ2n) is 5.31. The Morgan fingerprint density at radius 1 is 1.22 bits per heavy atom. The van der Waals surface area contributed by atoms with Gasteiger partial charge >= 0.3 is 0 Å². The van der Waals surface area contributed by atoms with Crippen molar-refractivity contribution in [2.75, 3.05) is 5.75 Å². The molecule has 0 saturated heterocycles. The molecule has 0 aromatic heterocycles. The number of hydrogen-bond acceptors (Lipinski definition) is 3. The highest BCUT2D eigenvalue weighted by molar-refractivity contribution is 7.91. The first-order valence-corrected chi connectivity index (χ1v) is 8.09. The Bertz CT molecular complexity index is 487. The summed E-state index contributed by atoms with van der Waals surface area (Å²) in [4.78, 5) is 0.346. The first-order chi connectivity index (χ1) is 8.44. The summed E-state index contributed by atoms with van der Waals surface area (Å²) in [5.74, 6) is -0.196. The van der Waals surface area contributed by atoms with Crippen LogP contribution in [0.1, 0.15) is 32.6 Å². The van der Waals surface area contributed by atoms with Crippen LogP contribution in [0.15, 0.2) is 35.2 Å². The summed E-state index contributed by atoms with van der Waals surface area (Å²) >= 11 is 0. The Morgan fingerprint density at radius 3 is 2.33 bits per heavy atom. The van der Waals surface area contributed by atoms with Crippen molar-refractivity contribution < 1.29 is 13.5 Å². The van der Waals surface area contributed by atoms with Crippen molar-refractivity contribution in [1.82, 2.24) is 0 Å². The first kappa shape index (κ1) is 13.6. The van der Waals surface area contributed by atoms with E-state index < -0.39 is 15.4 Å². The van der Waals surface area contributed by atoms with Gasteiger partial charge in [-0.25, -0.2) is 8.42 Å². The van der Waals surface area contributed by atoms with E-state index in [1.54, 1.807) is 30.3 Å². The average Bonchev–Trinajstić information content (AvgIpc) is 2.78. The standard InChI is InChI=1S/C14H20O3S/c1-12(14(15)9-5-6-10-14)11-18(16,17)13-7-3-2-4-8-13/h2-4,7-8,12,15H,5-6,9-11H2,1H3. The maximum atomic E-state index is 12.2. The minimum absolute atomic E-state index is 0.0213. The zero-order valence-electron chi connectivity index (χ0n) is 10.7. The minimum Gasteiger partial charge on any atom is -0.390 e. The van der Waals surface area contributed by atoms with Gasteiger partial charge in [0.25, 0.3) is 0 Å². The van der Waals surface area contributed by atoms with Crippen LogP contribution in [0.2, 0.25) is 0 Å². The molecular formula is C14H20O3S. The Kier molecular flexibility index (Phi) is 3.78. The Balaban J connectivity index is 2.14. The molecule has 0 bridgehead atoms. The van der Waals surface area contributed by atoms with Crippen molar-refractivity contribution >= 4 is 9.84 Å². The zero-order valence-corrected chi connectivity index (χ0v) is 11.5. The molecule has 1 aliphatic carbocycles. The third kappa shape index (κ3) is 2.75. The molecule has 1 aromatic carbocycles. The SMILES string of the molecule is CC(CS(=O)(=O)c1ccccc1)C1(O)CCCC1. The van der Waals surface area contributed by atoms with E-state index in [4.69, 9.17) is 0 Å². The van der Waals surface area contributed by atoms with Crippen molar-refractivity contribution in [3.8, 4) is 0 Å². The second kappa shape index (κ2) is 5.02. The van der Waals surface area contributed by atoms with Gasteiger partial charge in [-0.05, 0) is 30.9 Å². The van der Waals surface area contributed by atoms with Crippen LogP contribution in [-0.4, -0.2) is 24.9 Å². The van der Waals surface area contributed by atoms with E-state index in [2.05, 4.69) is 0 Å². The van der Waals surface area contributed by atoms with Crippen LogP contribution >= 0.6 is 0 Å². The molecule has 0 aliphatic heterocycles. The number of rotatable bonds is 4. The molecule has 0 heterocycles. The Labute approximate surface area is 109 Å². The van der Waals surface area contributed by atoms with Crippen LogP contribution in [0.4, 0.5) is 0 Å². The topological polar surface area (TPSA) is 54.4 Å². The predicted octanol–water partition coefficient (Wildman–Crippen LogP) is 2.40. The van der Waals surface area contributed by atoms with Gasteiger partial charge in [0.2, 0.25) is 0 Å². The smallest absolute Gasteiger partial charge is 0.178 e. The third-order valence-corrected chi connectivity index (χ3v) is 5.89. The molecule has 1 atom stereocenters. The van der Waals surface area contributed by atoms with Gasteiger partial charge in [0, 0.05) is 0 Å². The molecule has 100 valence electrons. The van der Waals surface area contributed by atoms with E-state index in [0.29, 0.717) is 4.90 Å². The van der Waals surface area contributed by atoms with Gasteiger partial charge in [0.1, 0.15) is 0 Å². The van der Waals surface area contributed by atoms with Gasteiger partial charge in [-0.2, -0.15) is 0 Å². The average molecular weight is 268 g/mol. The lowest BCUT2D eigenvalue weighted by Crippen LogP contribution is -2.37. The molecule has 1 unspecified atom stereocenters. The maximum absolute atomic E-state index is 12.2. The molecule has 1 fully saturated rings. The minimum atomic E-state index is -3.30. The molecule has 4 heteroatoms. The number of hydrogen-bond donors (Lipinski definition) is 1. The Morgan fingerprint density at radius 2 is 1.78 bits per heavy atom. The van der Waals surface area contributed by atoms with Crippen molar-refractivity contribution in [1.29, 1.82) is 0 Å². The summed E-state index contributed by atoms with van der Waals surface area (Å²) in [6.45, 7) is 1.84. The van der Waals surface area contributed by atoms with Crippen LogP contribution in [0.3, 0.4) is 0 Å². The van der Waals surface area contributed by atoms with Crippen LogP contribution in [0, 0.1) is 5.92 Å². The molecule has 2 rings (SSSR count). The fourth-order valence-corrected chi connectivity index (χ4v) is 4.42. The Hall–Kier alpha value is -0.870. The highest BCUT2D eigenvalue weighted by atomic mass is 32.2. The molecule has 0 amide bonds. The van der Waals surface area contributed by atoms with Crippen LogP contribution in [0.5, 0.6) is 0 Å². The number of benzene rings is 1. The van der Waals surface area contributed by atoms with E-state index in [-0.39, 0.29) is 11.7 Å². The number of sulfone groups is 1. The summed E-state index contributed by atoms with van der Waals surface area (Å²) in [6, 6.07) is 8.47. The fourth-order valence-electron chi connectivity index (χ4n) is 2.69. The van der Waals surface area contributed by atoms with Crippen LogP contribution in [0.25, 0.3) is 0 Å². The monoisotopic (exact) mass is 268 g/mol. The van der Waals surface area contributed by atoms with Crippen molar-refractivity contribution in [2.24, 2.45) is 5.92 Å². The molecule has 18 heavy (non-hydrogen) atoms. The van der Waals surface area contributed by atoms with Crippen molar-refractivity contribution in [2.45, 2.75) is 43.1 Å². The highest BCUT2D eigenvalue weighted by Gasteiger charge is 2.38. The summed E-state index contributed by atoms with van der Waals surface area (Å²) < 4.78 is 24.5. The second-order valence-corrected chi connectivity index (χ2v) is 7.34. The third-order valence-electron chi connectivity index (χ3n) is 3.96. The van der Waals surface area contributed by atoms with Crippen molar-refractivity contribution in [3.05, 3.63) is 30.3 Å². The lowest BCUT2D eigenvalue weighted by atomic mass is 9.89. The summed E-state index contributed by atoms with van der Waals surface area (Å²) in [5.41, 5.74) is -0.790. The van der Waals surface area contributed by atoms with Gasteiger partial charge in [-0.3, -0.25) is 0 Å². The molecule has 1 N–H and O–H groups in total. The zero-order chi connectivity index (χ0) is 13.2. The molecule has 0 radical (unpaired) electrons. The van der Waals surface area contributed by atoms with Crippen LogP contribution in [-0.2, 0) is 9.84 Å². The van der Waals surface area contributed by atoms with Gasteiger partial charge < -0.3 is 5.11 Å². The maximum Gasteiger partial charge on any atom is 0.178 e. The lowest BCUT2D eigenvalue weighted by molar-refractivity contribution is 0.00326. The summed E-state index contributed by atoms with van der Waals surface area (Å²) in [7, 11) is -3.30. The van der Waals surface area contributed by atoms with Gasteiger partial charge in [-0.15, -0.1) is 0 Å². The molecule has 3 nitrogen and oxygen atoms in total. The van der Waals surface area contributed by atoms with E-state index in [9.17, 15) is 13.5 Å². The normalized spacial score (nSPS) is 20.8. The van der Waals surface area contributed by atoms with Crippen molar-refractivity contribution in [3.63, 3.8) is 0 Å². The van der Waals surface area contributed by atoms with Crippen LogP contribution < -0.4 is 0 Å². The van der Waals surface area contributed by atoms with Gasteiger partial charge in [0.15, 0.2) is 9.84 Å². The van der Waals surface area contributed by atoms with E-state index in [1.165, 1.54) is 0 Å².